The molecule has 14 N–H and O–H groups in total. The second-order valence-electron chi connectivity index (χ2n) is 30.6. The number of carbonyl (C=O) groups excluding carboxylic acids is 3. The lowest BCUT2D eigenvalue weighted by Crippen LogP contribution is -2.77. The Morgan fingerprint density at radius 3 is 1.86 bits per heavy atom. The van der Waals surface area contributed by atoms with Crippen molar-refractivity contribution in [1.29, 1.82) is 0 Å². The highest BCUT2D eigenvalue weighted by atomic mass is 16.8. The van der Waals surface area contributed by atoms with Crippen molar-refractivity contribution in [2.24, 2.45) is 56.2 Å². The first kappa shape index (κ1) is 73.5. The summed E-state index contributed by atoms with van der Waals surface area (Å²) in [5, 5.41) is 155. The average molecular weight is 1350 g/mol. The van der Waals surface area contributed by atoms with Crippen LogP contribution in [0.4, 0.5) is 0 Å². The predicted molar refractivity (Wildman–Crippen MR) is 317 cm³/mol. The largest absolute Gasteiger partial charge is 0.479 e. The molecule has 6 aliphatic carbocycles. The number of hydrogen-bond acceptors (Lipinski definition) is 28. The molecular formula is C65H102O29. The highest BCUT2D eigenvalue weighted by Crippen LogP contribution is 2.82. The summed E-state index contributed by atoms with van der Waals surface area (Å²) in [5.41, 5.74) is -6.13. The molecule has 0 aromatic carbocycles. The summed E-state index contributed by atoms with van der Waals surface area (Å²) in [7, 11) is 0. The Bertz CT molecular complexity index is 2780. The maximum absolute atomic E-state index is 13.9. The standard InChI is InChI=1S/C65H102O29/c1-12-14-36(69)88-51-50(92-53(81)26(3)13-2)59(5,6)22-33-64-20-16-32-61(9)18-17-34(60(7,8)31(61)15-19-62(32,10)63(64,11)23-35(84-27(4)68)65(33,51)58(83)94-64)87-57-49(85-29-21-28(24-66)37(70)40(73)38(29)71)46(45(78)47(90-57)52(79)80)89-56-48(42(75)39(72)30(25-67)86-56)91-55-44(77)41(74)43(76)54(82)93-55/h13,28-35,37-51,54-58,66-67,70-78,82-83H,12,14-25H2,1-11H3,(H,79,80)/b26-13+/t28-,29-,30-,31+,32-,33+,34+,35-,37+,38+,39+,40+,41-,42+,43-,44-,45+,46+,47+,48-,49-,50+,51+,54-,55-,56+,57-,58+,61+,62-,63+,64+,65-/m1/s1. The normalized spacial score (nSPS) is 51.2. The van der Waals surface area contributed by atoms with Crippen molar-refractivity contribution in [3.05, 3.63) is 11.6 Å². The number of hydrogen-bond donors (Lipinski definition) is 14. The van der Waals surface area contributed by atoms with Crippen LogP contribution in [0.3, 0.4) is 0 Å². The van der Waals surface area contributed by atoms with Crippen molar-refractivity contribution in [1.82, 2.24) is 0 Å². The van der Waals surface area contributed by atoms with E-state index in [4.69, 9.17) is 52.1 Å². The summed E-state index contributed by atoms with van der Waals surface area (Å²) in [6, 6.07) is 0. The van der Waals surface area contributed by atoms with Crippen LogP contribution in [0.1, 0.15) is 147 Å². The number of aliphatic hydroxyl groups is 13. The van der Waals surface area contributed by atoms with E-state index in [1.807, 2.05) is 34.6 Å². The quantitative estimate of drug-likeness (QED) is 0.0362. The first-order chi connectivity index (χ1) is 43.9. The Morgan fingerprint density at radius 1 is 0.585 bits per heavy atom. The first-order valence-corrected chi connectivity index (χ1v) is 33.3. The predicted octanol–water partition coefficient (Wildman–Crippen LogP) is -0.938. The molecule has 2 bridgehead atoms. The van der Waals surface area contributed by atoms with Crippen LogP contribution < -0.4 is 0 Å². The minimum absolute atomic E-state index is 0.0257. The number of fused-ring (bicyclic) bond motifs is 4. The molecule has 10 fully saturated rings. The molecule has 0 unspecified atom stereocenters. The molecule has 0 aromatic rings. The molecule has 0 aromatic heterocycles. The number of carbonyl (C=O) groups is 4. The Kier molecular flexibility index (Phi) is 20.9. The van der Waals surface area contributed by atoms with Gasteiger partial charge in [0.15, 0.2) is 43.7 Å². The van der Waals surface area contributed by atoms with Gasteiger partial charge in [0.1, 0.15) is 90.9 Å². The fourth-order valence-corrected chi connectivity index (χ4v) is 19.8. The third kappa shape index (κ3) is 11.6. The molecule has 0 radical (unpaired) electrons. The zero-order chi connectivity index (χ0) is 69.2. The lowest BCUT2D eigenvalue weighted by Gasteiger charge is -2.75. The molecule has 6 saturated carbocycles. The first-order valence-electron chi connectivity index (χ1n) is 33.3. The molecule has 29 heteroatoms. The van der Waals surface area contributed by atoms with Gasteiger partial charge in [0, 0.05) is 48.2 Å². The lowest BCUT2D eigenvalue weighted by atomic mass is 9.30. The van der Waals surface area contributed by atoms with Gasteiger partial charge in [0.25, 0.3) is 0 Å². The van der Waals surface area contributed by atoms with Gasteiger partial charge < -0.3 is 124 Å². The topological polar surface area (TPSA) is 453 Å². The van der Waals surface area contributed by atoms with Gasteiger partial charge in [-0.15, -0.1) is 0 Å². The summed E-state index contributed by atoms with van der Waals surface area (Å²) in [4.78, 5) is 54.7. The Labute approximate surface area is 545 Å². The fourth-order valence-electron chi connectivity index (χ4n) is 19.8. The van der Waals surface area contributed by atoms with Gasteiger partial charge in [-0.25, -0.2) is 9.59 Å². The number of carboxylic acids is 1. The van der Waals surface area contributed by atoms with Crippen LogP contribution in [-0.2, 0) is 71.3 Å². The van der Waals surface area contributed by atoms with Gasteiger partial charge in [0.05, 0.1) is 30.5 Å². The molecule has 29 nitrogen and oxygen atoms in total. The third-order valence-electron chi connectivity index (χ3n) is 25.0. The molecule has 0 amide bonds. The zero-order valence-electron chi connectivity index (χ0n) is 55.3. The second kappa shape index (κ2) is 26.7. The Morgan fingerprint density at radius 2 is 1.23 bits per heavy atom. The Hall–Kier alpha value is -3.22. The van der Waals surface area contributed by atoms with E-state index in [-0.39, 0.29) is 37.5 Å². The van der Waals surface area contributed by atoms with Crippen LogP contribution in [0, 0.1) is 56.2 Å². The summed E-state index contributed by atoms with van der Waals surface area (Å²) in [6.07, 6.45) is -38.8. The van der Waals surface area contributed by atoms with Gasteiger partial charge in [-0.05, 0) is 106 Å². The number of aliphatic carboxylic acids is 1. The number of carboxylic acid groups (broad SMARTS) is 1. The van der Waals surface area contributed by atoms with E-state index in [2.05, 4.69) is 20.8 Å². The van der Waals surface area contributed by atoms with Gasteiger partial charge in [0.2, 0.25) is 0 Å². The number of allylic oxidation sites excluding steroid dienone is 1. The number of ether oxygens (including phenoxy) is 11. The number of esters is 3. The summed E-state index contributed by atoms with van der Waals surface area (Å²) in [6.45, 7) is 19.3. The van der Waals surface area contributed by atoms with Crippen LogP contribution in [0.2, 0.25) is 0 Å². The molecule has 1 spiro atoms. The maximum Gasteiger partial charge on any atom is 0.335 e. The maximum atomic E-state index is 13.9. The molecule has 4 heterocycles. The third-order valence-corrected chi connectivity index (χ3v) is 25.0. The van der Waals surface area contributed by atoms with Crippen molar-refractivity contribution in [2.45, 2.75) is 300 Å². The van der Waals surface area contributed by atoms with E-state index in [9.17, 15) is 90.7 Å². The average Bonchev–Trinajstić information content (AvgIpc) is 1.36. The van der Waals surface area contributed by atoms with Gasteiger partial charge in [-0.2, -0.15) is 0 Å². The molecule has 33 atom stereocenters. The number of aliphatic hydroxyl groups excluding tert-OH is 13. The highest BCUT2D eigenvalue weighted by molar-refractivity contribution is 5.88. The van der Waals surface area contributed by atoms with E-state index in [0.717, 1.165) is 0 Å². The van der Waals surface area contributed by atoms with Crippen LogP contribution in [0.15, 0.2) is 11.6 Å². The van der Waals surface area contributed by atoms with Crippen LogP contribution >= 0.6 is 0 Å². The highest BCUT2D eigenvalue weighted by Gasteiger charge is 2.86. The van der Waals surface area contributed by atoms with Crippen LogP contribution in [-0.4, -0.2) is 262 Å². The van der Waals surface area contributed by atoms with Crippen molar-refractivity contribution in [2.75, 3.05) is 13.2 Å². The van der Waals surface area contributed by atoms with Crippen molar-refractivity contribution < 1.29 is 143 Å². The van der Waals surface area contributed by atoms with Crippen LogP contribution in [0.25, 0.3) is 0 Å². The van der Waals surface area contributed by atoms with Crippen molar-refractivity contribution in [3.63, 3.8) is 0 Å². The monoisotopic (exact) mass is 1350 g/mol. The van der Waals surface area contributed by atoms with E-state index in [1.54, 1.807) is 19.9 Å². The van der Waals surface area contributed by atoms with E-state index >= 15 is 0 Å². The van der Waals surface area contributed by atoms with E-state index in [1.165, 1.54) is 6.92 Å². The lowest BCUT2D eigenvalue weighted by molar-refractivity contribution is -0.404. The van der Waals surface area contributed by atoms with Gasteiger partial charge in [-0.1, -0.05) is 61.5 Å². The number of rotatable bonds is 17. The molecule has 536 valence electrons. The van der Waals surface area contributed by atoms with Gasteiger partial charge >= 0.3 is 23.9 Å². The summed E-state index contributed by atoms with van der Waals surface area (Å²) < 4.78 is 69.8. The molecule has 10 rings (SSSR count). The van der Waals surface area contributed by atoms with Crippen molar-refractivity contribution in [3.8, 4) is 0 Å². The second-order valence-corrected chi connectivity index (χ2v) is 30.6. The minimum Gasteiger partial charge on any atom is -0.479 e. The van der Waals surface area contributed by atoms with E-state index in [0.29, 0.717) is 50.5 Å². The summed E-state index contributed by atoms with van der Waals surface area (Å²) in [5.74, 6) is -5.56. The fraction of sp³-hybridized carbons (Fsp3) is 0.908. The molecule has 94 heavy (non-hydrogen) atoms. The Balaban J connectivity index is 0.992. The SMILES string of the molecule is C/C=C(\C)C(=O)O[C@H]1[C@H](OC(=O)CCC)[C@@]23[C@@H](CC1(C)C)[C@]1(CC[C@@H]4[C@@]5(C)CC[C@H](O[C@@H]6O[C@H](C(=O)O)[C@@H](O)[C@H](O[C@@H]7O[C@H](CO)[C@H](O)[C@H](O)[C@H]7O[C@@H]7O[C@@H](O)[C@H](O)[C@@H](O)[C@H]7O)[C@H]6O[C@@H]6C[C@H](CO)[C@H](O)[C@H](O)[C@H]6O)C(C)(C)[C@@H]5CC[C@@]4(C)[C@]1(C)C[C@H]2OC(C)=O)O[C@@H]3O. The van der Waals surface area contributed by atoms with E-state index < -0.39 is 234 Å². The van der Waals surface area contributed by atoms with Gasteiger partial charge in [-0.3, -0.25) is 9.59 Å². The smallest absolute Gasteiger partial charge is 0.335 e. The minimum atomic E-state index is -2.29. The molecule has 10 aliphatic rings. The molecule has 4 saturated heterocycles. The summed E-state index contributed by atoms with van der Waals surface area (Å²) >= 11 is 0. The van der Waals surface area contributed by atoms with Crippen LogP contribution in [0.5, 0.6) is 0 Å². The van der Waals surface area contributed by atoms with Crippen molar-refractivity contribution >= 4 is 23.9 Å². The zero-order valence-corrected chi connectivity index (χ0v) is 55.3. The molecular weight excluding hydrogens is 1240 g/mol. The molecule has 4 aliphatic heterocycles.